The molecule has 2 aromatic carbocycles. The molecular formula is C21H23P. The molecule has 0 radical (unpaired) electrons. The van der Waals surface area contributed by atoms with Crippen molar-refractivity contribution in [2.24, 2.45) is 0 Å². The highest BCUT2D eigenvalue weighted by atomic mass is 31.1. The van der Waals surface area contributed by atoms with E-state index in [0.717, 1.165) is 6.42 Å². The number of hydrogen-bond acceptors (Lipinski definition) is 0. The Labute approximate surface area is 135 Å². The molecule has 0 N–H and O–H groups in total. The maximum absolute atomic E-state index is 2.39. The summed E-state index contributed by atoms with van der Waals surface area (Å²) in [6.07, 6.45) is 9.09. The number of hydrogen-bond donors (Lipinski definition) is 0. The van der Waals surface area contributed by atoms with Crippen LogP contribution in [0.5, 0.6) is 0 Å². The molecule has 1 aliphatic rings. The first-order valence-corrected chi connectivity index (χ1v) is 10.3. The third kappa shape index (κ3) is 2.81. The fourth-order valence-electron chi connectivity index (χ4n) is 3.50. The molecule has 0 unspecified atom stereocenters. The van der Waals surface area contributed by atoms with E-state index in [1.165, 1.54) is 22.9 Å². The SMILES string of the molecule is CP(C)CC(C1=CC=CC1)(c1ccccc1)c1ccccc1. The fourth-order valence-corrected chi connectivity index (χ4v) is 5.02. The molecule has 0 aliphatic heterocycles. The lowest BCUT2D eigenvalue weighted by molar-refractivity contribution is 0.670. The molecular weight excluding hydrogens is 283 g/mol. The Bertz CT molecular complexity index is 626. The van der Waals surface area contributed by atoms with Crippen LogP contribution in [0.1, 0.15) is 17.5 Å². The van der Waals surface area contributed by atoms with Crippen molar-refractivity contribution in [3.05, 3.63) is 95.6 Å². The van der Waals surface area contributed by atoms with E-state index >= 15 is 0 Å². The first kappa shape index (κ1) is 15.3. The summed E-state index contributed by atoms with van der Waals surface area (Å²) in [7, 11) is -0.0204. The molecule has 22 heavy (non-hydrogen) atoms. The van der Waals surface area contributed by atoms with E-state index in [1.807, 2.05) is 0 Å². The van der Waals surface area contributed by atoms with Crippen LogP contribution in [0, 0.1) is 0 Å². The molecule has 0 amide bonds. The van der Waals surface area contributed by atoms with Crippen LogP contribution in [0.2, 0.25) is 0 Å². The number of allylic oxidation sites excluding steroid dienone is 4. The highest BCUT2D eigenvalue weighted by Gasteiger charge is 2.38. The summed E-state index contributed by atoms with van der Waals surface area (Å²) in [6, 6.07) is 22.1. The van der Waals surface area contributed by atoms with Crippen molar-refractivity contribution >= 4 is 7.92 Å². The maximum atomic E-state index is 2.39. The summed E-state index contributed by atoms with van der Waals surface area (Å²) in [5.41, 5.74) is 4.39. The van der Waals surface area contributed by atoms with Gasteiger partial charge in [0.05, 0.1) is 0 Å². The van der Waals surface area contributed by atoms with Gasteiger partial charge in [-0.3, -0.25) is 0 Å². The predicted molar refractivity (Wildman–Crippen MR) is 99.1 cm³/mol. The molecule has 0 atom stereocenters. The monoisotopic (exact) mass is 306 g/mol. The van der Waals surface area contributed by atoms with E-state index in [2.05, 4.69) is 92.2 Å². The lowest BCUT2D eigenvalue weighted by atomic mass is 9.70. The molecule has 112 valence electrons. The third-order valence-electron chi connectivity index (χ3n) is 4.41. The molecule has 0 heterocycles. The fraction of sp³-hybridized carbons (Fsp3) is 0.238. The van der Waals surface area contributed by atoms with Crippen LogP contribution in [0.15, 0.2) is 84.5 Å². The minimum absolute atomic E-state index is 0.0151. The Morgan fingerprint density at radius 1 is 0.864 bits per heavy atom. The van der Waals surface area contributed by atoms with E-state index in [1.54, 1.807) is 0 Å². The molecule has 0 spiro atoms. The summed E-state index contributed by atoms with van der Waals surface area (Å²) >= 11 is 0. The van der Waals surface area contributed by atoms with Crippen LogP contribution >= 0.6 is 7.92 Å². The summed E-state index contributed by atoms with van der Waals surface area (Å²) in [5.74, 6) is 0. The van der Waals surface area contributed by atoms with Gasteiger partial charge in [-0.25, -0.2) is 0 Å². The molecule has 2 aromatic rings. The largest absolute Gasteiger partial charge is 0.112 e. The van der Waals surface area contributed by atoms with Gasteiger partial charge in [0.15, 0.2) is 0 Å². The Balaban J connectivity index is 2.23. The van der Waals surface area contributed by atoms with Crippen molar-refractivity contribution in [3.63, 3.8) is 0 Å². The second-order valence-electron chi connectivity index (χ2n) is 6.20. The molecule has 3 rings (SSSR count). The first-order valence-electron chi connectivity index (χ1n) is 7.85. The van der Waals surface area contributed by atoms with Crippen molar-refractivity contribution in [1.82, 2.24) is 0 Å². The van der Waals surface area contributed by atoms with Gasteiger partial charge < -0.3 is 0 Å². The maximum Gasteiger partial charge on any atom is 0.0456 e. The van der Waals surface area contributed by atoms with Crippen molar-refractivity contribution < 1.29 is 0 Å². The number of rotatable bonds is 5. The van der Waals surface area contributed by atoms with Crippen LogP contribution in [0.4, 0.5) is 0 Å². The Morgan fingerprint density at radius 2 is 1.41 bits per heavy atom. The van der Waals surface area contributed by atoms with Gasteiger partial charge in [0, 0.05) is 5.41 Å². The van der Waals surface area contributed by atoms with Gasteiger partial charge in [0.2, 0.25) is 0 Å². The molecule has 0 saturated heterocycles. The molecule has 0 aromatic heterocycles. The van der Waals surface area contributed by atoms with Crippen molar-refractivity contribution in [3.8, 4) is 0 Å². The standard InChI is InChI=1S/C21H23P/c1-22(2)17-21(20-15-9-10-16-20,18-11-5-3-6-12-18)19-13-7-4-8-14-19/h3-15H,16-17H2,1-2H3. The second kappa shape index (κ2) is 6.63. The molecule has 0 saturated carbocycles. The zero-order valence-corrected chi connectivity index (χ0v) is 14.3. The minimum atomic E-state index is -0.0204. The van der Waals surface area contributed by atoms with E-state index in [9.17, 15) is 0 Å². The normalized spacial score (nSPS) is 14.4. The Hall–Kier alpha value is -1.65. The van der Waals surface area contributed by atoms with Crippen LogP contribution < -0.4 is 0 Å². The van der Waals surface area contributed by atoms with E-state index < -0.39 is 0 Å². The predicted octanol–water partition coefficient (Wildman–Crippen LogP) is 5.60. The third-order valence-corrected chi connectivity index (χ3v) is 5.51. The average Bonchev–Trinajstić information content (AvgIpc) is 3.09. The van der Waals surface area contributed by atoms with Gasteiger partial charge in [-0.2, -0.15) is 0 Å². The smallest absolute Gasteiger partial charge is 0.0456 e. The van der Waals surface area contributed by atoms with Crippen molar-refractivity contribution in [2.45, 2.75) is 11.8 Å². The lowest BCUT2D eigenvalue weighted by Gasteiger charge is -2.38. The van der Waals surface area contributed by atoms with Gasteiger partial charge in [0.1, 0.15) is 0 Å². The zero-order valence-electron chi connectivity index (χ0n) is 13.4. The van der Waals surface area contributed by atoms with Crippen molar-refractivity contribution in [2.75, 3.05) is 19.5 Å². The summed E-state index contributed by atoms with van der Waals surface area (Å²) in [5, 5.41) is 0. The van der Waals surface area contributed by atoms with Crippen molar-refractivity contribution in [1.29, 1.82) is 0 Å². The topological polar surface area (TPSA) is 0 Å². The molecule has 0 fully saturated rings. The average molecular weight is 306 g/mol. The lowest BCUT2D eigenvalue weighted by Crippen LogP contribution is -2.33. The minimum Gasteiger partial charge on any atom is -0.112 e. The van der Waals surface area contributed by atoms with Gasteiger partial charge >= 0.3 is 0 Å². The van der Waals surface area contributed by atoms with Gasteiger partial charge in [-0.15, -0.1) is 7.92 Å². The van der Waals surface area contributed by atoms with Gasteiger partial charge in [0.25, 0.3) is 0 Å². The summed E-state index contributed by atoms with van der Waals surface area (Å²) in [4.78, 5) is 0. The Kier molecular flexibility index (Phi) is 4.60. The number of benzene rings is 2. The molecule has 0 bridgehead atoms. The molecule has 1 heteroatoms. The zero-order chi connectivity index (χ0) is 15.4. The van der Waals surface area contributed by atoms with Crippen LogP contribution in [-0.4, -0.2) is 19.5 Å². The molecule has 0 nitrogen and oxygen atoms in total. The van der Waals surface area contributed by atoms with Gasteiger partial charge in [-0.05, 0) is 37.0 Å². The summed E-state index contributed by atoms with van der Waals surface area (Å²) < 4.78 is 0. The Morgan fingerprint density at radius 3 is 1.82 bits per heavy atom. The second-order valence-corrected chi connectivity index (χ2v) is 8.67. The van der Waals surface area contributed by atoms with E-state index in [-0.39, 0.29) is 13.3 Å². The highest BCUT2D eigenvalue weighted by Crippen LogP contribution is 2.48. The van der Waals surface area contributed by atoms with E-state index in [0.29, 0.717) is 0 Å². The van der Waals surface area contributed by atoms with E-state index in [4.69, 9.17) is 0 Å². The van der Waals surface area contributed by atoms with Crippen LogP contribution in [0.3, 0.4) is 0 Å². The van der Waals surface area contributed by atoms with Crippen LogP contribution in [0.25, 0.3) is 0 Å². The van der Waals surface area contributed by atoms with Gasteiger partial charge in [-0.1, -0.05) is 84.5 Å². The molecule has 1 aliphatic carbocycles. The highest BCUT2D eigenvalue weighted by molar-refractivity contribution is 7.56. The first-order chi connectivity index (χ1) is 10.7. The van der Waals surface area contributed by atoms with Crippen LogP contribution in [-0.2, 0) is 5.41 Å². The quantitative estimate of drug-likeness (QED) is 0.631. The summed E-state index contributed by atoms with van der Waals surface area (Å²) in [6.45, 7) is 4.78.